The van der Waals surface area contributed by atoms with Crippen LogP contribution < -0.4 is 80.6 Å². The number of aliphatic imine (C=N–C) groups is 2. The number of rotatable bonds is 72. The van der Waals surface area contributed by atoms with E-state index < -0.39 is 90.3 Å². The lowest BCUT2D eigenvalue weighted by Crippen LogP contribution is -2.63. The molecule has 48 heteroatoms. The summed E-state index contributed by atoms with van der Waals surface area (Å²) in [5.74, 6) is -0.735. The molecule has 0 radical (unpaired) electrons. The van der Waals surface area contributed by atoms with Crippen LogP contribution in [0.4, 0.5) is 15.3 Å². The molecule has 1 aromatic heterocycles. The van der Waals surface area contributed by atoms with Crippen LogP contribution in [0.1, 0.15) is 188 Å². The van der Waals surface area contributed by atoms with Crippen molar-refractivity contribution in [3.63, 3.8) is 0 Å². The first kappa shape index (κ1) is 115. The number of hydrogen-bond donors (Lipinski definition) is 18. The Hall–Kier alpha value is -9.21. The first-order valence-electron chi connectivity index (χ1n) is 47.7. The molecule has 20 N–H and O–H groups in total. The van der Waals surface area contributed by atoms with Crippen molar-refractivity contribution in [1.82, 2.24) is 78.8 Å². The number of carbonyl (C=O) groups is 12. The highest BCUT2D eigenvalue weighted by molar-refractivity contribution is 8.00. The summed E-state index contributed by atoms with van der Waals surface area (Å²) in [7, 11) is 2.50. The van der Waals surface area contributed by atoms with Gasteiger partial charge in [-0.15, -0.1) is 16.9 Å². The normalized spacial score (nSPS) is 20.5. The standard InChI is InChI=1S/C89H148N20O25S3/c1-6-7-14-27-89(3,28-25-71(113)93-32-37-128-41-42-129-38-33-94-72(114)26-49-135-84-77(99-58(2)111)79(118)78(117)67(54-110)134-84)57-98-88(124)133-48-47-132-46-45-131-40-35-109-53-61(107-108-109)23-24-70(112)92-31-36-127-43-44-130-39-34-97-87(123)100-62-51-59(80(119)95-29-15-12-17-63(82(121)125-4)101-73(115)21-10-8-19-68-75-65(55-136-68)103-85(90)105-75)50-60(52-62)81(120)96-30-16-13-18-64(83(122)126-5)102-74(116)22-11-9-20-69-76-66(56-137-69)104-86(91)106-76/h50-53,63-69,75-79,84,110,117-118H,6-49,54-57H2,1-5H3,(H,92,112)(H,93,113)(H,94,114)(H,95,119)(H,96,120)(H,98,124)(H,99,111)(H,101,115)(H,102,116)(H3,90,103,105)(H3,91,104,106)(H2,97,100,123)/t63-,64-,65-,66-,67?,68-,69-,75-,76-,77?,78?,79?,84?,89?/m0/s1. The number of anilines is 1. The van der Waals surface area contributed by atoms with Crippen LogP contribution in [0.2, 0.25) is 0 Å². The van der Waals surface area contributed by atoms with Gasteiger partial charge in [-0.3, -0.25) is 38.4 Å². The number of aliphatic hydroxyl groups is 3. The van der Waals surface area contributed by atoms with Crippen molar-refractivity contribution in [3.8, 4) is 0 Å². The number of aryl methyl sites for hydroxylation is 1. The first-order valence-corrected chi connectivity index (χ1v) is 50.8. The van der Waals surface area contributed by atoms with Gasteiger partial charge in [0.2, 0.25) is 35.4 Å². The Balaban J connectivity index is 0.696. The molecule has 3 fully saturated rings. The summed E-state index contributed by atoms with van der Waals surface area (Å²) in [5.41, 5.74) is 11.5. The zero-order valence-corrected chi connectivity index (χ0v) is 82.1. The number of fused-ring (bicyclic) bond motifs is 2. The van der Waals surface area contributed by atoms with E-state index >= 15 is 0 Å². The molecule has 5 aliphatic rings. The minimum Gasteiger partial charge on any atom is -0.467 e. The zero-order valence-electron chi connectivity index (χ0n) is 79.7. The molecule has 1 aromatic carbocycles. The van der Waals surface area contributed by atoms with Crippen LogP contribution >= 0.6 is 35.3 Å². The molecular weight excluding hydrogens is 1850 g/mol. The molecule has 14 atom stereocenters. The lowest BCUT2D eigenvalue weighted by atomic mass is 9.80. The molecule has 5 aliphatic heterocycles. The van der Waals surface area contributed by atoms with Gasteiger partial charge in [-0.05, 0) is 101 Å². The highest BCUT2D eigenvalue weighted by atomic mass is 32.2. The molecule has 11 amide bonds. The third-order valence-electron chi connectivity index (χ3n) is 23.2. The monoisotopic (exact) mass is 1990 g/mol. The lowest BCUT2D eigenvalue weighted by molar-refractivity contribution is -0.173. The SMILES string of the molecule is CCCCCC(C)(CCC(=O)NCCOCCOCCNC(=O)CCSC1OC(CO)C(O)C(O)C1NC(C)=O)CNC(=O)OCCOCCOCCn1cc(CCC(=O)NCCOCCOCCNC(=O)Nc2cc(C(=O)NCCCC[C@H](NC(=O)CCCC[C@@H]3SC[C@@H]4NC(N)=N[C@@H]43)C(=O)OC)cc(C(=O)NCCCC[C@H](NC(=O)CCCC[C@@H]3SC[C@@H]4NC(N)=N[C@@H]43)C(=O)OC)c2)nn1. The maximum Gasteiger partial charge on any atom is 0.407 e. The number of aromatic nitrogens is 3. The van der Waals surface area contributed by atoms with E-state index in [-0.39, 0.29) is 239 Å². The van der Waals surface area contributed by atoms with Crippen LogP contribution in [0.3, 0.4) is 0 Å². The average Bonchev–Trinajstić information content (AvgIpc) is 1.79. The number of nitrogens with zero attached hydrogens (tertiary/aromatic N) is 5. The third kappa shape index (κ3) is 45.3. The van der Waals surface area contributed by atoms with Crippen LogP contribution in [0, 0.1) is 5.41 Å². The van der Waals surface area contributed by atoms with Gasteiger partial charge < -0.3 is 143 Å². The second-order valence-electron chi connectivity index (χ2n) is 34.2. The quantitative estimate of drug-likeness (QED) is 0.0242. The first-order chi connectivity index (χ1) is 66.2. The number of methoxy groups -OCH3 is 2. The predicted molar refractivity (Wildman–Crippen MR) is 513 cm³/mol. The van der Waals surface area contributed by atoms with E-state index in [0.717, 1.165) is 62.9 Å². The number of unbranched alkanes of at least 4 members (excludes halogenated alkanes) is 6. The van der Waals surface area contributed by atoms with Gasteiger partial charge in [0.1, 0.15) is 42.4 Å². The Morgan fingerprint density at radius 1 is 0.569 bits per heavy atom. The number of nitrogens with two attached hydrogens (primary N) is 2. The van der Waals surface area contributed by atoms with Gasteiger partial charge in [0.25, 0.3) is 11.8 Å². The van der Waals surface area contributed by atoms with Crippen LogP contribution in [-0.2, 0) is 98.7 Å². The van der Waals surface area contributed by atoms with Gasteiger partial charge >= 0.3 is 24.1 Å². The number of esters is 2. The van der Waals surface area contributed by atoms with E-state index in [0.29, 0.717) is 106 Å². The summed E-state index contributed by atoms with van der Waals surface area (Å²) in [6.07, 6.45) is 9.92. The second-order valence-corrected chi connectivity index (χ2v) is 38.0. The summed E-state index contributed by atoms with van der Waals surface area (Å²) < 4.78 is 56.3. The largest absolute Gasteiger partial charge is 0.467 e. The third-order valence-corrected chi connectivity index (χ3v) is 27.4. The zero-order chi connectivity index (χ0) is 99.0. The number of urea groups is 1. The molecule has 137 heavy (non-hydrogen) atoms. The number of benzene rings is 1. The number of guanidine groups is 2. The molecule has 0 saturated carbocycles. The van der Waals surface area contributed by atoms with E-state index in [2.05, 4.69) is 96.3 Å². The highest BCUT2D eigenvalue weighted by Gasteiger charge is 2.46. The maximum atomic E-state index is 13.8. The molecule has 45 nitrogen and oxygen atoms in total. The number of ether oxygens (including phenoxy) is 10. The van der Waals surface area contributed by atoms with Gasteiger partial charge in [0.15, 0.2) is 11.9 Å². The Kier molecular flexibility index (Phi) is 55.0. The van der Waals surface area contributed by atoms with Gasteiger partial charge in [0, 0.05) is 142 Å². The maximum absolute atomic E-state index is 13.8. The highest BCUT2D eigenvalue weighted by Crippen LogP contribution is 2.37. The smallest absolute Gasteiger partial charge is 0.407 e. The Morgan fingerprint density at radius 3 is 1.59 bits per heavy atom. The van der Waals surface area contributed by atoms with Crippen molar-refractivity contribution >= 4 is 124 Å². The number of carbonyl (C=O) groups excluding carboxylic acids is 12. The number of alkyl carbamates (subject to hydrolysis) is 1. The molecular formula is C89H148N20O25S3. The minimum absolute atomic E-state index is 0.0251. The van der Waals surface area contributed by atoms with Crippen molar-refractivity contribution in [3.05, 3.63) is 41.2 Å². The fourth-order valence-electron chi connectivity index (χ4n) is 15.7. The Morgan fingerprint density at radius 2 is 1.07 bits per heavy atom. The fourth-order valence-corrected chi connectivity index (χ4v) is 19.9. The van der Waals surface area contributed by atoms with Gasteiger partial charge in [-0.2, -0.15) is 23.5 Å². The van der Waals surface area contributed by atoms with Crippen molar-refractivity contribution in [2.45, 2.75) is 252 Å². The summed E-state index contributed by atoms with van der Waals surface area (Å²) in [5, 5.41) is 76.1. The fraction of sp³-hybridized carbons (Fsp3) is 0.753. The van der Waals surface area contributed by atoms with Crippen molar-refractivity contribution in [2.24, 2.45) is 26.9 Å². The summed E-state index contributed by atoms with van der Waals surface area (Å²) >= 11 is 4.89. The summed E-state index contributed by atoms with van der Waals surface area (Å²) in [4.78, 5) is 164. The van der Waals surface area contributed by atoms with E-state index in [1.54, 1.807) is 10.9 Å². The number of thioether (sulfide) groups is 3. The number of nitrogens with one attached hydrogen (secondary N) is 13. The topological polar surface area (TPSA) is 622 Å². The Labute approximate surface area is 813 Å². The van der Waals surface area contributed by atoms with Crippen LogP contribution in [0.5, 0.6) is 0 Å². The van der Waals surface area contributed by atoms with Crippen molar-refractivity contribution < 1.29 is 120 Å². The predicted octanol–water partition coefficient (Wildman–Crippen LogP) is 0.418. The average molecular weight is 1990 g/mol. The van der Waals surface area contributed by atoms with E-state index in [9.17, 15) is 72.9 Å². The van der Waals surface area contributed by atoms with E-state index in [1.165, 1.54) is 51.1 Å². The number of aliphatic hydroxyl groups excluding tert-OH is 3. The van der Waals surface area contributed by atoms with E-state index in [4.69, 9.17) is 58.8 Å². The van der Waals surface area contributed by atoms with Crippen LogP contribution in [-0.4, -0.2) is 360 Å². The van der Waals surface area contributed by atoms with Crippen molar-refractivity contribution in [1.29, 1.82) is 0 Å². The number of hydrogen-bond acceptors (Lipinski definition) is 36. The Bertz CT molecular complexity index is 3970. The van der Waals surface area contributed by atoms with Gasteiger partial charge in [-0.1, -0.05) is 51.2 Å². The summed E-state index contributed by atoms with van der Waals surface area (Å²) in [6, 6.07) is 1.63. The van der Waals surface area contributed by atoms with Gasteiger partial charge in [-0.25, -0.2) is 33.8 Å². The molecule has 2 aromatic rings. The molecule has 7 rings (SSSR count). The van der Waals surface area contributed by atoms with Crippen LogP contribution in [0.25, 0.3) is 0 Å². The molecule has 772 valence electrons. The van der Waals surface area contributed by atoms with Gasteiger partial charge in [0.05, 0.1) is 143 Å². The molecule has 3 saturated heterocycles. The van der Waals surface area contributed by atoms with Crippen molar-refractivity contribution in [2.75, 3.05) is 175 Å². The molecule has 6 heterocycles. The molecule has 0 bridgehead atoms. The summed E-state index contributed by atoms with van der Waals surface area (Å²) in [6.45, 7) is 9.67. The van der Waals surface area contributed by atoms with E-state index in [1.807, 2.05) is 30.4 Å². The molecule has 0 spiro atoms. The lowest BCUT2D eigenvalue weighted by Gasteiger charge is -2.42. The second kappa shape index (κ2) is 65.7. The molecule has 0 aliphatic carbocycles. The number of amides is 11. The molecule has 6 unspecified atom stereocenters. The minimum atomic E-state index is -1.39. The van der Waals surface area contributed by atoms with Crippen LogP contribution in [0.15, 0.2) is 34.4 Å².